The minimum Gasteiger partial charge on any atom is -0.503 e. The SMILES string of the molecule is CO/C=C(/C(=O)O)c1ccccc1CSc1nc2cc(C)c(C)cc2s1. The Balaban J connectivity index is 1.86. The van der Waals surface area contributed by atoms with Crippen LogP contribution in [0, 0.1) is 13.8 Å². The first-order chi connectivity index (χ1) is 12.5. The molecular weight excluding hydrogens is 366 g/mol. The fourth-order valence-corrected chi connectivity index (χ4v) is 4.77. The highest BCUT2D eigenvalue weighted by atomic mass is 32.2. The quantitative estimate of drug-likeness (QED) is 0.355. The molecule has 0 aliphatic carbocycles. The van der Waals surface area contributed by atoms with Crippen molar-refractivity contribution in [2.75, 3.05) is 7.11 Å². The molecule has 3 rings (SSSR count). The van der Waals surface area contributed by atoms with Gasteiger partial charge in [-0.1, -0.05) is 36.0 Å². The Bertz CT molecular complexity index is 953. The molecule has 0 spiro atoms. The zero-order chi connectivity index (χ0) is 18.7. The number of aromatic nitrogens is 1. The summed E-state index contributed by atoms with van der Waals surface area (Å²) >= 11 is 3.29. The number of carbonyl (C=O) groups is 1. The lowest BCUT2D eigenvalue weighted by Crippen LogP contribution is -2.03. The number of thioether (sulfide) groups is 1. The number of thiazole rings is 1. The van der Waals surface area contributed by atoms with E-state index in [1.165, 1.54) is 29.2 Å². The fraction of sp³-hybridized carbons (Fsp3) is 0.200. The number of methoxy groups -OCH3 is 1. The molecule has 1 aromatic heterocycles. The molecule has 0 saturated carbocycles. The van der Waals surface area contributed by atoms with E-state index >= 15 is 0 Å². The summed E-state index contributed by atoms with van der Waals surface area (Å²) in [6.07, 6.45) is 1.27. The lowest BCUT2D eigenvalue weighted by molar-refractivity contribution is -0.130. The molecule has 1 N–H and O–H groups in total. The molecule has 0 radical (unpaired) electrons. The summed E-state index contributed by atoms with van der Waals surface area (Å²) in [5, 5.41) is 9.45. The van der Waals surface area contributed by atoms with Gasteiger partial charge in [-0.25, -0.2) is 9.78 Å². The van der Waals surface area contributed by atoms with Crippen LogP contribution in [0.1, 0.15) is 22.3 Å². The number of hydrogen-bond donors (Lipinski definition) is 1. The number of ether oxygens (including phenoxy) is 1. The molecule has 0 bridgehead atoms. The first-order valence-corrected chi connectivity index (χ1v) is 9.85. The van der Waals surface area contributed by atoms with E-state index in [0.717, 1.165) is 15.4 Å². The second-order valence-electron chi connectivity index (χ2n) is 5.90. The van der Waals surface area contributed by atoms with Crippen molar-refractivity contribution in [2.24, 2.45) is 0 Å². The highest BCUT2D eigenvalue weighted by molar-refractivity contribution is 8.00. The number of rotatable bonds is 6. The van der Waals surface area contributed by atoms with E-state index < -0.39 is 5.97 Å². The Kier molecular flexibility index (Phi) is 5.64. The predicted octanol–water partition coefficient (Wildman–Crippen LogP) is 5.28. The molecule has 0 aliphatic heterocycles. The number of carboxylic acid groups (broad SMARTS) is 1. The van der Waals surface area contributed by atoms with Crippen LogP contribution in [0.3, 0.4) is 0 Å². The molecule has 2 aromatic carbocycles. The highest BCUT2D eigenvalue weighted by Gasteiger charge is 2.15. The van der Waals surface area contributed by atoms with Crippen molar-refractivity contribution in [2.45, 2.75) is 23.9 Å². The van der Waals surface area contributed by atoms with Gasteiger partial charge < -0.3 is 9.84 Å². The number of fused-ring (bicyclic) bond motifs is 1. The summed E-state index contributed by atoms with van der Waals surface area (Å²) in [7, 11) is 1.45. The summed E-state index contributed by atoms with van der Waals surface area (Å²) in [5.74, 6) is -0.363. The first-order valence-electron chi connectivity index (χ1n) is 8.04. The van der Waals surface area contributed by atoms with Crippen molar-refractivity contribution in [3.8, 4) is 0 Å². The Labute approximate surface area is 160 Å². The molecule has 0 fully saturated rings. The Morgan fingerprint density at radius 3 is 2.73 bits per heavy atom. The maximum absolute atomic E-state index is 11.5. The second kappa shape index (κ2) is 7.93. The van der Waals surface area contributed by atoms with Gasteiger partial charge in [-0.2, -0.15) is 0 Å². The van der Waals surface area contributed by atoms with Crippen LogP contribution in [0.4, 0.5) is 0 Å². The number of carboxylic acids is 1. The summed E-state index contributed by atoms with van der Waals surface area (Å²) in [6, 6.07) is 11.8. The molecule has 26 heavy (non-hydrogen) atoms. The van der Waals surface area contributed by atoms with Crippen LogP contribution in [-0.2, 0) is 15.3 Å². The van der Waals surface area contributed by atoms with E-state index in [-0.39, 0.29) is 5.57 Å². The summed E-state index contributed by atoms with van der Waals surface area (Å²) in [6.45, 7) is 4.19. The number of hydrogen-bond acceptors (Lipinski definition) is 5. The van der Waals surface area contributed by atoms with Gasteiger partial charge in [0, 0.05) is 5.75 Å². The molecule has 0 atom stereocenters. The van der Waals surface area contributed by atoms with Crippen LogP contribution in [-0.4, -0.2) is 23.2 Å². The van der Waals surface area contributed by atoms with Crippen LogP contribution in [0.25, 0.3) is 15.8 Å². The van der Waals surface area contributed by atoms with Gasteiger partial charge in [0.1, 0.15) is 5.57 Å². The standard InChI is InChI=1S/C20H19NO3S2/c1-12-8-17-18(9-13(12)2)26-20(21-17)25-11-14-6-4-5-7-15(14)16(10-24-3)19(22)23/h4-10H,11H2,1-3H3,(H,22,23)/b16-10+. The van der Waals surface area contributed by atoms with Crippen LogP contribution in [0.15, 0.2) is 47.0 Å². The molecule has 134 valence electrons. The molecule has 0 aliphatic rings. The largest absolute Gasteiger partial charge is 0.503 e. The minimum atomic E-state index is -1.00. The third kappa shape index (κ3) is 3.92. The van der Waals surface area contributed by atoms with Crippen LogP contribution < -0.4 is 0 Å². The molecule has 3 aromatic rings. The maximum atomic E-state index is 11.5. The average molecular weight is 386 g/mol. The number of aliphatic carboxylic acids is 1. The molecular formula is C20H19NO3S2. The van der Waals surface area contributed by atoms with E-state index in [1.54, 1.807) is 29.2 Å². The highest BCUT2D eigenvalue weighted by Crippen LogP contribution is 2.34. The zero-order valence-electron chi connectivity index (χ0n) is 14.8. The van der Waals surface area contributed by atoms with Crippen molar-refractivity contribution >= 4 is 44.9 Å². The van der Waals surface area contributed by atoms with E-state index in [4.69, 9.17) is 9.72 Å². The Morgan fingerprint density at radius 1 is 1.27 bits per heavy atom. The Hall–Kier alpha value is -2.31. The van der Waals surface area contributed by atoms with Crippen molar-refractivity contribution in [3.63, 3.8) is 0 Å². The normalized spacial score (nSPS) is 11.7. The predicted molar refractivity (Wildman–Crippen MR) is 108 cm³/mol. The summed E-state index contributed by atoms with van der Waals surface area (Å²) < 4.78 is 7.09. The Morgan fingerprint density at radius 2 is 2.00 bits per heavy atom. The zero-order valence-corrected chi connectivity index (χ0v) is 16.4. The third-order valence-electron chi connectivity index (χ3n) is 4.11. The third-order valence-corrected chi connectivity index (χ3v) is 6.32. The van der Waals surface area contributed by atoms with Crippen LogP contribution in [0.2, 0.25) is 0 Å². The lowest BCUT2D eigenvalue weighted by Gasteiger charge is -2.09. The van der Waals surface area contributed by atoms with E-state index in [1.807, 2.05) is 18.2 Å². The van der Waals surface area contributed by atoms with Gasteiger partial charge in [0.2, 0.25) is 0 Å². The van der Waals surface area contributed by atoms with Crippen molar-refractivity contribution in [1.82, 2.24) is 4.98 Å². The fourth-order valence-electron chi connectivity index (χ4n) is 2.62. The average Bonchev–Trinajstić information content (AvgIpc) is 3.00. The number of aryl methyl sites for hydroxylation is 2. The van der Waals surface area contributed by atoms with Gasteiger partial charge in [0.05, 0.1) is 23.6 Å². The second-order valence-corrected chi connectivity index (χ2v) is 8.16. The summed E-state index contributed by atoms with van der Waals surface area (Å²) in [4.78, 5) is 16.2. The summed E-state index contributed by atoms with van der Waals surface area (Å²) in [5.41, 5.74) is 5.27. The van der Waals surface area contributed by atoms with Crippen molar-refractivity contribution in [3.05, 3.63) is 64.9 Å². The number of nitrogens with zero attached hydrogens (tertiary/aromatic N) is 1. The van der Waals surface area contributed by atoms with Gasteiger partial charge in [-0.3, -0.25) is 0 Å². The van der Waals surface area contributed by atoms with Crippen molar-refractivity contribution in [1.29, 1.82) is 0 Å². The molecule has 0 amide bonds. The molecule has 1 heterocycles. The molecule has 4 nitrogen and oxygen atoms in total. The van der Waals surface area contributed by atoms with Gasteiger partial charge in [-0.05, 0) is 48.2 Å². The van der Waals surface area contributed by atoms with Crippen LogP contribution in [0.5, 0.6) is 0 Å². The van der Waals surface area contributed by atoms with E-state index in [0.29, 0.717) is 11.3 Å². The van der Waals surface area contributed by atoms with Crippen molar-refractivity contribution < 1.29 is 14.6 Å². The van der Waals surface area contributed by atoms with Gasteiger partial charge in [0.15, 0.2) is 4.34 Å². The topological polar surface area (TPSA) is 59.4 Å². The first kappa shape index (κ1) is 18.5. The van der Waals surface area contributed by atoms with Gasteiger partial charge in [-0.15, -0.1) is 11.3 Å². The van der Waals surface area contributed by atoms with E-state index in [9.17, 15) is 9.90 Å². The van der Waals surface area contributed by atoms with E-state index in [2.05, 4.69) is 26.0 Å². The maximum Gasteiger partial charge on any atom is 0.339 e. The number of benzene rings is 2. The van der Waals surface area contributed by atoms with Gasteiger partial charge >= 0.3 is 5.97 Å². The monoisotopic (exact) mass is 385 g/mol. The molecule has 0 saturated heterocycles. The smallest absolute Gasteiger partial charge is 0.339 e. The lowest BCUT2D eigenvalue weighted by atomic mass is 10.0. The van der Waals surface area contributed by atoms with Gasteiger partial charge in [0.25, 0.3) is 0 Å². The minimum absolute atomic E-state index is 0.152. The molecule has 0 unspecified atom stereocenters. The molecule has 6 heteroatoms. The van der Waals surface area contributed by atoms with Crippen LogP contribution >= 0.6 is 23.1 Å².